The van der Waals surface area contributed by atoms with Gasteiger partial charge in [0.15, 0.2) is 0 Å². The molecule has 0 fully saturated rings. The lowest BCUT2D eigenvalue weighted by molar-refractivity contribution is 0.0526. The van der Waals surface area contributed by atoms with Gasteiger partial charge in [-0.2, -0.15) is 0 Å². The number of esters is 1. The molecule has 0 saturated heterocycles. The second kappa shape index (κ2) is 7.66. The lowest BCUT2D eigenvalue weighted by Crippen LogP contribution is -2.16. The van der Waals surface area contributed by atoms with Crippen LogP contribution >= 0.6 is 45.9 Å². The first-order valence-corrected chi connectivity index (χ1v) is 10.4. The highest BCUT2D eigenvalue weighted by atomic mass is 35.5. The van der Waals surface area contributed by atoms with Crippen molar-refractivity contribution in [2.45, 2.75) is 33.1 Å². The quantitative estimate of drug-likeness (QED) is 0.651. The van der Waals surface area contributed by atoms with Gasteiger partial charge in [-0.15, -0.1) is 22.7 Å². The zero-order valence-electron chi connectivity index (χ0n) is 13.8. The molecule has 1 aliphatic rings. The zero-order valence-corrected chi connectivity index (χ0v) is 16.9. The third-order valence-electron chi connectivity index (χ3n) is 4.12. The molecule has 2 aromatic heterocycles. The molecule has 25 heavy (non-hydrogen) atoms. The molecular formula is C17H17Cl2NO3S2. The lowest BCUT2D eigenvalue weighted by Gasteiger charge is -2.18. The van der Waals surface area contributed by atoms with Gasteiger partial charge in [0.2, 0.25) is 0 Å². The number of thiophene rings is 2. The molecule has 0 saturated carbocycles. The van der Waals surface area contributed by atoms with Crippen LogP contribution in [0.15, 0.2) is 6.07 Å². The average Bonchev–Trinajstić information content (AvgIpc) is 3.06. The molecule has 1 unspecified atom stereocenters. The highest BCUT2D eigenvalue weighted by Gasteiger charge is 2.29. The van der Waals surface area contributed by atoms with Gasteiger partial charge in [-0.25, -0.2) is 4.79 Å². The van der Waals surface area contributed by atoms with Crippen molar-refractivity contribution in [2.24, 2.45) is 5.92 Å². The van der Waals surface area contributed by atoms with E-state index >= 15 is 0 Å². The summed E-state index contributed by atoms with van der Waals surface area (Å²) in [4.78, 5) is 26.2. The van der Waals surface area contributed by atoms with Gasteiger partial charge >= 0.3 is 5.97 Å². The Morgan fingerprint density at radius 2 is 2.12 bits per heavy atom. The van der Waals surface area contributed by atoms with E-state index in [9.17, 15) is 9.59 Å². The summed E-state index contributed by atoms with van der Waals surface area (Å²) in [6.07, 6.45) is 2.75. The molecule has 1 aliphatic carbocycles. The van der Waals surface area contributed by atoms with Crippen molar-refractivity contribution in [3.05, 3.63) is 36.3 Å². The lowest BCUT2D eigenvalue weighted by atomic mass is 9.88. The van der Waals surface area contributed by atoms with E-state index in [2.05, 4.69) is 12.2 Å². The van der Waals surface area contributed by atoms with Gasteiger partial charge in [-0.05, 0) is 43.7 Å². The topological polar surface area (TPSA) is 55.4 Å². The molecule has 1 N–H and O–H groups in total. The van der Waals surface area contributed by atoms with Gasteiger partial charge in [0.05, 0.1) is 22.1 Å². The van der Waals surface area contributed by atoms with E-state index in [4.69, 9.17) is 27.9 Å². The number of carbonyl (C=O) groups excluding carboxylic acids is 2. The minimum atomic E-state index is -0.390. The number of nitrogens with one attached hydrogen (secondary N) is 1. The largest absolute Gasteiger partial charge is 0.462 e. The highest BCUT2D eigenvalue weighted by molar-refractivity contribution is 7.20. The Morgan fingerprint density at radius 3 is 2.76 bits per heavy atom. The summed E-state index contributed by atoms with van der Waals surface area (Å²) in [6, 6.07) is 1.53. The molecule has 0 aromatic carbocycles. The predicted molar refractivity (Wildman–Crippen MR) is 104 cm³/mol. The second-order valence-electron chi connectivity index (χ2n) is 5.97. The van der Waals surface area contributed by atoms with Crippen LogP contribution in [-0.4, -0.2) is 18.5 Å². The van der Waals surface area contributed by atoms with Crippen LogP contribution in [0.3, 0.4) is 0 Å². The van der Waals surface area contributed by atoms with Crippen LogP contribution in [0.4, 0.5) is 5.00 Å². The number of amides is 1. The monoisotopic (exact) mass is 417 g/mol. The predicted octanol–water partition coefficient (Wildman–Crippen LogP) is 5.67. The summed E-state index contributed by atoms with van der Waals surface area (Å²) >= 11 is 14.6. The summed E-state index contributed by atoms with van der Waals surface area (Å²) in [5, 5.41) is 3.36. The van der Waals surface area contributed by atoms with Crippen LogP contribution in [0.2, 0.25) is 8.67 Å². The molecule has 0 spiro atoms. The van der Waals surface area contributed by atoms with Gasteiger partial charge < -0.3 is 10.1 Å². The molecule has 1 amide bonds. The standard InChI is InChI=1S/C17H17Cl2NO3S2/c1-3-23-17(22)13-9-5-4-8(2)6-11(9)24-16(13)20-15(21)10-7-12(18)25-14(10)19/h7-8H,3-6H2,1-2H3,(H,20,21). The van der Waals surface area contributed by atoms with Crippen LogP contribution in [0.25, 0.3) is 0 Å². The summed E-state index contributed by atoms with van der Waals surface area (Å²) in [5.74, 6) is -0.195. The number of hydrogen-bond acceptors (Lipinski definition) is 5. The van der Waals surface area contributed by atoms with E-state index in [0.717, 1.165) is 41.0 Å². The van der Waals surface area contributed by atoms with E-state index in [1.165, 1.54) is 17.4 Å². The van der Waals surface area contributed by atoms with Crippen molar-refractivity contribution in [2.75, 3.05) is 11.9 Å². The second-order valence-corrected chi connectivity index (χ2v) is 9.36. The molecule has 2 aromatic rings. The van der Waals surface area contributed by atoms with Gasteiger partial charge in [-0.3, -0.25) is 4.79 Å². The number of halogens is 2. The van der Waals surface area contributed by atoms with E-state index in [1.54, 1.807) is 6.92 Å². The van der Waals surface area contributed by atoms with E-state index < -0.39 is 0 Å². The molecule has 2 heterocycles. The fourth-order valence-corrected chi connectivity index (χ4v) is 5.78. The molecular weight excluding hydrogens is 401 g/mol. The first-order valence-electron chi connectivity index (χ1n) is 7.98. The maximum atomic E-state index is 12.6. The van der Waals surface area contributed by atoms with Crippen molar-refractivity contribution in [1.82, 2.24) is 0 Å². The van der Waals surface area contributed by atoms with Crippen LogP contribution in [0.1, 0.15) is 51.4 Å². The third kappa shape index (κ3) is 3.87. The summed E-state index contributed by atoms with van der Waals surface area (Å²) in [7, 11) is 0. The Kier molecular flexibility index (Phi) is 5.73. The first-order chi connectivity index (χ1) is 11.9. The molecule has 134 valence electrons. The van der Waals surface area contributed by atoms with Gasteiger partial charge in [0.1, 0.15) is 9.34 Å². The van der Waals surface area contributed by atoms with Crippen LogP contribution in [-0.2, 0) is 17.6 Å². The average molecular weight is 418 g/mol. The molecule has 4 nitrogen and oxygen atoms in total. The Labute approximate surface area is 164 Å². The maximum Gasteiger partial charge on any atom is 0.341 e. The van der Waals surface area contributed by atoms with Crippen molar-refractivity contribution in [3.8, 4) is 0 Å². The van der Waals surface area contributed by atoms with Gasteiger partial charge in [-0.1, -0.05) is 30.1 Å². The minimum Gasteiger partial charge on any atom is -0.462 e. The number of hydrogen-bond donors (Lipinski definition) is 1. The molecule has 8 heteroatoms. The first kappa shape index (κ1) is 18.7. The Hall–Kier alpha value is -1.08. The van der Waals surface area contributed by atoms with E-state index in [-0.39, 0.29) is 11.9 Å². The molecule has 3 rings (SSSR count). The SMILES string of the molecule is CCOC(=O)c1c(NC(=O)c2cc(Cl)sc2Cl)sc2c1CCC(C)C2. The fourth-order valence-electron chi connectivity index (χ4n) is 2.92. The summed E-state index contributed by atoms with van der Waals surface area (Å²) < 4.78 is 5.98. The number of fused-ring (bicyclic) bond motifs is 1. The van der Waals surface area contributed by atoms with Crippen molar-refractivity contribution in [1.29, 1.82) is 0 Å². The van der Waals surface area contributed by atoms with E-state index in [1.807, 2.05) is 0 Å². The summed E-state index contributed by atoms with van der Waals surface area (Å²) in [6.45, 7) is 4.25. The minimum absolute atomic E-state index is 0.291. The molecule has 0 bridgehead atoms. The van der Waals surface area contributed by atoms with Crippen LogP contribution in [0.5, 0.6) is 0 Å². The normalized spacial score (nSPS) is 16.4. The third-order valence-corrected chi connectivity index (χ3v) is 6.78. The highest BCUT2D eigenvalue weighted by Crippen LogP contribution is 2.41. The van der Waals surface area contributed by atoms with Crippen LogP contribution < -0.4 is 5.32 Å². The molecule has 1 atom stereocenters. The molecule has 0 aliphatic heterocycles. The van der Waals surface area contributed by atoms with Gasteiger partial charge in [0.25, 0.3) is 5.91 Å². The number of rotatable bonds is 4. The summed E-state index contributed by atoms with van der Waals surface area (Å²) in [5.41, 5.74) is 1.80. The van der Waals surface area contributed by atoms with Crippen molar-refractivity contribution >= 4 is 62.8 Å². The number of ether oxygens (including phenoxy) is 1. The van der Waals surface area contributed by atoms with E-state index in [0.29, 0.717) is 37.3 Å². The van der Waals surface area contributed by atoms with Crippen molar-refractivity contribution < 1.29 is 14.3 Å². The Balaban J connectivity index is 1.96. The molecule has 0 radical (unpaired) electrons. The zero-order chi connectivity index (χ0) is 18.1. The van der Waals surface area contributed by atoms with Gasteiger partial charge in [0, 0.05) is 4.88 Å². The van der Waals surface area contributed by atoms with Crippen LogP contribution in [0, 0.1) is 5.92 Å². The maximum absolute atomic E-state index is 12.6. The fraction of sp³-hybridized carbons (Fsp3) is 0.412. The number of anilines is 1. The van der Waals surface area contributed by atoms with Crippen molar-refractivity contribution in [3.63, 3.8) is 0 Å². The number of carbonyl (C=O) groups is 2. The Bertz CT molecular complexity index is 828. The Morgan fingerprint density at radius 1 is 1.36 bits per heavy atom. The smallest absolute Gasteiger partial charge is 0.341 e.